The number of amides is 1. The molecule has 2 rings (SSSR count). The van der Waals surface area contributed by atoms with Crippen LogP contribution < -0.4 is 11.1 Å². The summed E-state index contributed by atoms with van der Waals surface area (Å²) >= 11 is 1.41. The molecule has 1 heterocycles. The summed E-state index contributed by atoms with van der Waals surface area (Å²) in [6.07, 6.45) is 0. The van der Waals surface area contributed by atoms with E-state index in [4.69, 9.17) is 5.73 Å². The number of carbonyl (C=O) groups excluding carboxylic acids is 1. The van der Waals surface area contributed by atoms with Gasteiger partial charge in [-0.1, -0.05) is 43.7 Å². The number of carbonyl (C=O) groups is 1. The highest BCUT2D eigenvalue weighted by Crippen LogP contribution is 2.23. The molecule has 0 spiro atoms. The molecule has 120 valence electrons. The lowest BCUT2D eigenvalue weighted by atomic mass is 9.84. The van der Waals surface area contributed by atoms with Gasteiger partial charge in [-0.3, -0.25) is 4.79 Å². The second-order valence-electron chi connectivity index (χ2n) is 5.77. The first-order chi connectivity index (χ1) is 9.92. The molecule has 0 aliphatic carbocycles. The van der Waals surface area contributed by atoms with E-state index >= 15 is 0 Å². The van der Waals surface area contributed by atoms with Crippen molar-refractivity contribution in [3.63, 3.8) is 0 Å². The lowest BCUT2D eigenvalue weighted by Crippen LogP contribution is -2.36. The Balaban J connectivity index is 0.00000242. The molecule has 6 heteroatoms. The third kappa shape index (κ3) is 4.53. The molecule has 0 radical (unpaired) electrons. The Morgan fingerprint density at radius 2 is 2.14 bits per heavy atom. The maximum atomic E-state index is 12.1. The second-order valence-corrected chi connectivity index (χ2v) is 6.71. The Labute approximate surface area is 141 Å². The summed E-state index contributed by atoms with van der Waals surface area (Å²) in [6, 6.07) is 8.36. The second kappa shape index (κ2) is 7.72. The standard InChI is InChI=1S/C16H21N3OS.ClH/c1-11-5-4-6-12(7-11)16(2,3)10-18-15(20)13-9-21-14(8-17)19-13;/h4-7,9H,8,10,17H2,1-3H3,(H,18,20);1H. The highest BCUT2D eigenvalue weighted by molar-refractivity contribution is 7.09. The zero-order valence-electron chi connectivity index (χ0n) is 13.1. The number of hydrogen-bond donors (Lipinski definition) is 2. The number of aromatic nitrogens is 1. The molecule has 0 saturated carbocycles. The quantitative estimate of drug-likeness (QED) is 0.879. The largest absolute Gasteiger partial charge is 0.350 e. The Morgan fingerprint density at radius 1 is 1.41 bits per heavy atom. The van der Waals surface area contributed by atoms with Crippen LogP contribution in [0.5, 0.6) is 0 Å². The van der Waals surface area contributed by atoms with Gasteiger partial charge in [-0.15, -0.1) is 23.7 Å². The molecule has 0 aliphatic rings. The number of nitrogens with two attached hydrogens (primary N) is 1. The summed E-state index contributed by atoms with van der Waals surface area (Å²) in [5.41, 5.74) is 8.26. The van der Waals surface area contributed by atoms with E-state index < -0.39 is 0 Å². The Morgan fingerprint density at radius 3 is 2.73 bits per heavy atom. The predicted molar refractivity (Wildman–Crippen MR) is 93.8 cm³/mol. The third-order valence-electron chi connectivity index (χ3n) is 3.45. The van der Waals surface area contributed by atoms with Crippen molar-refractivity contribution < 1.29 is 4.79 Å². The average molecular weight is 340 g/mol. The Hall–Kier alpha value is -1.43. The van der Waals surface area contributed by atoms with Gasteiger partial charge in [0.1, 0.15) is 10.7 Å². The van der Waals surface area contributed by atoms with Gasteiger partial charge in [0, 0.05) is 23.9 Å². The van der Waals surface area contributed by atoms with Crippen LogP contribution in [0.3, 0.4) is 0 Å². The molecule has 1 aromatic carbocycles. The van der Waals surface area contributed by atoms with E-state index in [1.165, 1.54) is 22.5 Å². The summed E-state index contributed by atoms with van der Waals surface area (Å²) in [5, 5.41) is 5.48. The molecule has 0 unspecified atom stereocenters. The normalized spacial score (nSPS) is 10.9. The van der Waals surface area contributed by atoms with Gasteiger partial charge in [0.25, 0.3) is 5.91 Å². The van der Waals surface area contributed by atoms with Gasteiger partial charge in [0.15, 0.2) is 0 Å². The summed E-state index contributed by atoms with van der Waals surface area (Å²) < 4.78 is 0. The average Bonchev–Trinajstić information content (AvgIpc) is 2.94. The number of rotatable bonds is 5. The number of benzene rings is 1. The first-order valence-corrected chi connectivity index (χ1v) is 7.80. The molecule has 22 heavy (non-hydrogen) atoms. The van der Waals surface area contributed by atoms with Crippen LogP contribution in [-0.4, -0.2) is 17.4 Å². The topological polar surface area (TPSA) is 68.0 Å². The smallest absolute Gasteiger partial charge is 0.270 e. The number of aryl methyl sites for hydroxylation is 1. The van der Waals surface area contributed by atoms with Gasteiger partial charge in [-0.2, -0.15) is 0 Å². The van der Waals surface area contributed by atoms with Gasteiger partial charge in [-0.25, -0.2) is 4.98 Å². The van der Waals surface area contributed by atoms with Crippen molar-refractivity contribution >= 4 is 29.7 Å². The van der Waals surface area contributed by atoms with Crippen molar-refractivity contribution in [3.05, 3.63) is 51.5 Å². The number of nitrogens with one attached hydrogen (secondary N) is 1. The van der Waals surface area contributed by atoms with Crippen molar-refractivity contribution in [2.24, 2.45) is 5.73 Å². The maximum absolute atomic E-state index is 12.1. The van der Waals surface area contributed by atoms with Gasteiger partial charge >= 0.3 is 0 Å². The Bertz CT molecular complexity index is 640. The molecule has 0 bridgehead atoms. The summed E-state index contributed by atoms with van der Waals surface area (Å²) in [5.74, 6) is -0.147. The van der Waals surface area contributed by atoms with Gasteiger partial charge < -0.3 is 11.1 Å². The van der Waals surface area contributed by atoms with E-state index in [2.05, 4.69) is 49.3 Å². The SMILES string of the molecule is Cc1cccc(C(C)(C)CNC(=O)c2csc(CN)n2)c1.Cl. The molecule has 0 fully saturated rings. The maximum Gasteiger partial charge on any atom is 0.270 e. The summed E-state index contributed by atoms with van der Waals surface area (Å²) in [7, 11) is 0. The summed E-state index contributed by atoms with van der Waals surface area (Å²) in [6.45, 7) is 7.24. The number of nitrogens with zero attached hydrogens (tertiary/aromatic N) is 1. The van der Waals surface area contributed by atoms with E-state index in [1.807, 2.05) is 6.07 Å². The first-order valence-electron chi connectivity index (χ1n) is 6.92. The van der Waals surface area contributed by atoms with Crippen molar-refractivity contribution in [2.75, 3.05) is 6.54 Å². The van der Waals surface area contributed by atoms with E-state index in [1.54, 1.807) is 5.38 Å². The first kappa shape index (κ1) is 18.6. The Kier molecular flexibility index (Phi) is 6.53. The van der Waals surface area contributed by atoms with Crippen LogP contribution in [0.4, 0.5) is 0 Å². The molecule has 3 N–H and O–H groups in total. The molecule has 0 aliphatic heterocycles. The monoisotopic (exact) mass is 339 g/mol. The molecular formula is C16H22ClN3OS. The molecule has 0 atom stereocenters. The zero-order valence-corrected chi connectivity index (χ0v) is 14.7. The van der Waals surface area contributed by atoms with Crippen LogP contribution in [-0.2, 0) is 12.0 Å². The molecule has 0 saturated heterocycles. The van der Waals surface area contributed by atoms with Crippen LogP contribution in [0, 0.1) is 6.92 Å². The fourth-order valence-corrected chi connectivity index (χ4v) is 2.72. The number of halogens is 1. The van der Waals surface area contributed by atoms with Gasteiger partial charge in [0.2, 0.25) is 0 Å². The lowest BCUT2D eigenvalue weighted by molar-refractivity contribution is 0.0941. The highest BCUT2D eigenvalue weighted by atomic mass is 35.5. The van der Waals surface area contributed by atoms with E-state index in [0.717, 1.165) is 5.01 Å². The third-order valence-corrected chi connectivity index (χ3v) is 4.32. The molecule has 1 aromatic heterocycles. The minimum Gasteiger partial charge on any atom is -0.350 e. The van der Waals surface area contributed by atoms with Crippen LogP contribution in [0.1, 0.15) is 40.5 Å². The van der Waals surface area contributed by atoms with Gasteiger partial charge in [0.05, 0.1) is 0 Å². The predicted octanol–water partition coefficient (Wildman–Crippen LogP) is 3.04. The minimum absolute atomic E-state index is 0. The zero-order chi connectivity index (χ0) is 15.5. The molecule has 2 aromatic rings. The fraction of sp³-hybridized carbons (Fsp3) is 0.375. The van der Waals surface area contributed by atoms with Crippen molar-refractivity contribution in [1.82, 2.24) is 10.3 Å². The minimum atomic E-state index is -0.147. The van der Waals surface area contributed by atoms with E-state index in [-0.39, 0.29) is 23.7 Å². The van der Waals surface area contributed by atoms with Crippen molar-refractivity contribution in [1.29, 1.82) is 0 Å². The fourth-order valence-electron chi connectivity index (χ4n) is 2.07. The van der Waals surface area contributed by atoms with E-state index in [0.29, 0.717) is 18.8 Å². The van der Waals surface area contributed by atoms with Crippen LogP contribution in [0.15, 0.2) is 29.6 Å². The van der Waals surface area contributed by atoms with Crippen molar-refractivity contribution in [3.8, 4) is 0 Å². The number of hydrogen-bond acceptors (Lipinski definition) is 4. The van der Waals surface area contributed by atoms with Crippen LogP contribution >= 0.6 is 23.7 Å². The van der Waals surface area contributed by atoms with Crippen LogP contribution in [0.25, 0.3) is 0 Å². The van der Waals surface area contributed by atoms with E-state index in [9.17, 15) is 4.79 Å². The molecule has 4 nitrogen and oxygen atoms in total. The van der Waals surface area contributed by atoms with Crippen LogP contribution in [0.2, 0.25) is 0 Å². The summed E-state index contributed by atoms with van der Waals surface area (Å²) in [4.78, 5) is 16.3. The lowest BCUT2D eigenvalue weighted by Gasteiger charge is -2.26. The van der Waals surface area contributed by atoms with Crippen molar-refractivity contribution in [2.45, 2.75) is 32.7 Å². The molecule has 1 amide bonds. The van der Waals surface area contributed by atoms with Gasteiger partial charge in [-0.05, 0) is 12.5 Å². The molecular weight excluding hydrogens is 318 g/mol. The highest BCUT2D eigenvalue weighted by Gasteiger charge is 2.22. The number of thiazole rings is 1.